The predicted octanol–water partition coefficient (Wildman–Crippen LogP) is 2.58. The number of alkyl halides is 3. The van der Waals surface area contributed by atoms with E-state index in [0.29, 0.717) is 11.1 Å². The molecule has 0 aliphatic carbocycles. The van der Waals surface area contributed by atoms with Crippen LogP contribution < -0.4 is 10.6 Å². The minimum Gasteiger partial charge on any atom is -0.467 e. The van der Waals surface area contributed by atoms with E-state index in [-0.39, 0.29) is 13.0 Å². The number of hydrogen-bond acceptors (Lipinski definition) is 6. The number of rotatable bonds is 9. The molecule has 2 rings (SSSR count). The van der Waals surface area contributed by atoms with Gasteiger partial charge in [0.1, 0.15) is 18.7 Å². The molecule has 0 spiro atoms. The first-order chi connectivity index (χ1) is 16.0. The molecule has 0 aliphatic heterocycles. The maximum absolute atomic E-state index is 12.8. The Morgan fingerprint density at radius 3 is 2.12 bits per heavy atom. The number of aliphatic hydroxyl groups excluding tert-OH is 1. The Balaban J connectivity index is 2.04. The van der Waals surface area contributed by atoms with Gasteiger partial charge in [-0.15, -0.1) is 0 Å². The fourth-order valence-electron chi connectivity index (χ4n) is 2.96. The summed E-state index contributed by atoms with van der Waals surface area (Å²) in [6, 6.07) is 10.1. The van der Waals surface area contributed by atoms with Crippen LogP contribution in [-0.4, -0.2) is 48.4 Å². The summed E-state index contributed by atoms with van der Waals surface area (Å²) < 4.78 is 48.0. The summed E-state index contributed by atoms with van der Waals surface area (Å²) in [6.07, 6.45) is -7.02. The summed E-state index contributed by atoms with van der Waals surface area (Å²) in [6.45, 7) is 1.18. The van der Waals surface area contributed by atoms with E-state index >= 15 is 0 Å². The SMILES string of the molecule is COC(=O)[C@H](Cc1ccc(C(F)(F)F)cc1)NC(=O)[C@@H](NC(=O)OCc1ccccc1)[C@@H](C)O. The summed E-state index contributed by atoms with van der Waals surface area (Å²) in [4.78, 5) is 37.0. The molecule has 34 heavy (non-hydrogen) atoms. The Labute approximate surface area is 194 Å². The van der Waals surface area contributed by atoms with Gasteiger partial charge < -0.3 is 25.2 Å². The number of carbonyl (C=O) groups is 3. The maximum atomic E-state index is 12.8. The molecule has 2 aromatic carbocycles. The molecule has 0 radical (unpaired) electrons. The monoisotopic (exact) mass is 482 g/mol. The van der Waals surface area contributed by atoms with Gasteiger partial charge in [-0.3, -0.25) is 4.79 Å². The van der Waals surface area contributed by atoms with E-state index in [0.717, 1.165) is 19.2 Å². The van der Waals surface area contributed by atoms with Crippen molar-refractivity contribution < 1.29 is 42.1 Å². The van der Waals surface area contributed by atoms with Crippen molar-refractivity contribution in [1.82, 2.24) is 10.6 Å². The molecular weight excluding hydrogens is 457 g/mol. The zero-order chi connectivity index (χ0) is 25.3. The first-order valence-corrected chi connectivity index (χ1v) is 10.2. The van der Waals surface area contributed by atoms with Crippen molar-refractivity contribution in [3.05, 3.63) is 71.3 Å². The van der Waals surface area contributed by atoms with Crippen LogP contribution in [0.15, 0.2) is 54.6 Å². The van der Waals surface area contributed by atoms with E-state index in [1.807, 2.05) is 0 Å². The third-order valence-electron chi connectivity index (χ3n) is 4.77. The zero-order valence-electron chi connectivity index (χ0n) is 18.5. The van der Waals surface area contributed by atoms with Crippen molar-refractivity contribution >= 4 is 18.0 Å². The lowest BCUT2D eigenvalue weighted by molar-refractivity contribution is -0.145. The first-order valence-electron chi connectivity index (χ1n) is 10.2. The summed E-state index contributed by atoms with van der Waals surface area (Å²) in [5, 5.41) is 14.6. The normalized spacial score (nSPS) is 13.8. The molecule has 2 amide bonds. The molecule has 8 nitrogen and oxygen atoms in total. The molecule has 2 aromatic rings. The summed E-state index contributed by atoms with van der Waals surface area (Å²) in [5.41, 5.74) is 0.174. The quantitative estimate of drug-likeness (QED) is 0.474. The van der Waals surface area contributed by atoms with Crippen LogP contribution in [0.4, 0.5) is 18.0 Å². The molecule has 0 fully saturated rings. The number of alkyl carbamates (subject to hydrolysis) is 1. The second-order valence-electron chi connectivity index (χ2n) is 7.41. The van der Waals surface area contributed by atoms with Crippen molar-refractivity contribution in [3.8, 4) is 0 Å². The molecule has 0 aliphatic rings. The Bertz CT molecular complexity index is 965. The van der Waals surface area contributed by atoms with Crippen LogP contribution in [0.5, 0.6) is 0 Å². The number of amides is 2. The van der Waals surface area contributed by atoms with Gasteiger partial charge in [0, 0.05) is 6.42 Å². The number of aliphatic hydroxyl groups is 1. The van der Waals surface area contributed by atoms with E-state index in [9.17, 15) is 32.7 Å². The van der Waals surface area contributed by atoms with Crippen LogP contribution in [0.1, 0.15) is 23.6 Å². The van der Waals surface area contributed by atoms with Gasteiger partial charge in [0.15, 0.2) is 0 Å². The Morgan fingerprint density at radius 1 is 0.971 bits per heavy atom. The zero-order valence-corrected chi connectivity index (χ0v) is 18.5. The van der Waals surface area contributed by atoms with Gasteiger partial charge in [-0.05, 0) is 30.2 Å². The number of esters is 1. The van der Waals surface area contributed by atoms with E-state index in [4.69, 9.17) is 4.74 Å². The molecule has 3 atom stereocenters. The minimum atomic E-state index is -4.51. The first kappa shape index (κ1) is 26.7. The topological polar surface area (TPSA) is 114 Å². The minimum absolute atomic E-state index is 0.0699. The smallest absolute Gasteiger partial charge is 0.416 e. The predicted molar refractivity (Wildman–Crippen MR) is 114 cm³/mol. The molecule has 0 bridgehead atoms. The second kappa shape index (κ2) is 12.0. The molecule has 0 aromatic heterocycles. The number of hydrogen-bond donors (Lipinski definition) is 3. The number of halogens is 3. The average Bonchev–Trinajstić information content (AvgIpc) is 2.80. The van der Waals surface area contributed by atoms with Crippen molar-refractivity contribution in [3.63, 3.8) is 0 Å². The second-order valence-corrected chi connectivity index (χ2v) is 7.41. The molecule has 0 unspecified atom stereocenters. The number of benzene rings is 2. The molecule has 184 valence electrons. The standard InChI is InChI=1S/C23H25F3N2O6/c1-14(29)19(28-22(32)34-13-16-6-4-3-5-7-16)20(30)27-18(21(31)33-2)12-15-8-10-17(11-9-15)23(24,25)26/h3-11,14,18-19,29H,12-13H2,1-2H3,(H,27,30)(H,28,32)/t14-,18+,19+/m1/s1. The number of carbonyl (C=O) groups excluding carboxylic acids is 3. The molecule has 3 N–H and O–H groups in total. The highest BCUT2D eigenvalue weighted by molar-refractivity contribution is 5.90. The van der Waals surface area contributed by atoms with Crippen molar-refractivity contribution in [2.45, 2.75) is 44.3 Å². The van der Waals surface area contributed by atoms with Gasteiger partial charge in [-0.1, -0.05) is 42.5 Å². The summed E-state index contributed by atoms with van der Waals surface area (Å²) in [7, 11) is 1.08. The Kier molecular flexibility index (Phi) is 9.43. The summed E-state index contributed by atoms with van der Waals surface area (Å²) >= 11 is 0. The third kappa shape index (κ3) is 8.07. The number of nitrogens with one attached hydrogen (secondary N) is 2. The molecule has 11 heteroatoms. The van der Waals surface area contributed by atoms with Crippen LogP contribution in [-0.2, 0) is 38.3 Å². The van der Waals surface area contributed by atoms with Gasteiger partial charge in [0.25, 0.3) is 0 Å². The molecular formula is C23H25F3N2O6. The van der Waals surface area contributed by atoms with Crippen LogP contribution >= 0.6 is 0 Å². The lowest BCUT2D eigenvalue weighted by Gasteiger charge is -2.24. The van der Waals surface area contributed by atoms with Crippen molar-refractivity contribution in [2.24, 2.45) is 0 Å². The Morgan fingerprint density at radius 2 is 1.59 bits per heavy atom. The largest absolute Gasteiger partial charge is 0.467 e. The van der Waals surface area contributed by atoms with Crippen LogP contribution in [0.3, 0.4) is 0 Å². The lowest BCUT2D eigenvalue weighted by atomic mass is 10.0. The number of ether oxygens (including phenoxy) is 2. The lowest BCUT2D eigenvalue weighted by Crippen LogP contribution is -2.56. The average molecular weight is 482 g/mol. The van der Waals surface area contributed by atoms with E-state index in [1.54, 1.807) is 30.3 Å². The highest BCUT2D eigenvalue weighted by atomic mass is 19.4. The van der Waals surface area contributed by atoms with Crippen molar-refractivity contribution in [1.29, 1.82) is 0 Å². The van der Waals surface area contributed by atoms with E-state index in [2.05, 4.69) is 15.4 Å². The van der Waals surface area contributed by atoms with Gasteiger partial charge in [-0.2, -0.15) is 13.2 Å². The van der Waals surface area contributed by atoms with Crippen LogP contribution in [0.25, 0.3) is 0 Å². The third-order valence-corrected chi connectivity index (χ3v) is 4.77. The van der Waals surface area contributed by atoms with Gasteiger partial charge in [0.2, 0.25) is 5.91 Å². The maximum Gasteiger partial charge on any atom is 0.416 e. The molecule has 0 heterocycles. The molecule has 0 saturated heterocycles. The van der Waals surface area contributed by atoms with E-state index in [1.165, 1.54) is 19.1 Å². The van der Waals surface area contributed by atoms with E-state index < -0.39 is 47.9 Å². The summed E-state index contributed by atoms with van der Waals surface area (Å²) in [5.74, 6) is -1.77. The van der Waals surface area contributed by atoms with Gasteiger partial charge in [-0.25, -0.2) is 9.59 Å². The fourth-order valence-corrected chi connectivity index (χ4v) is 2.96. The number of methoxy groups -OCH3 is 1. The highest BCUT2D eigenvalue weighted by Crippen LogP contribution is 2.29. The molecule has 0 saturated carbocycles. The highest BCUT2D eigenvalue weighted by Gasteiger charge is 2.32. The van der Waals surface area contributed by atoms with Crippen LogP contribution in [0.2, 0.25) is 0 Å². The fraction of sp³-hybridized carbons (Fsp3) is 0.348. The Hall–Kier alpha value is -3.60. The van der Waals surface area contributed by atoms with Crippen LogP contribution in [0, 0.1) is 0 Å². The van der Waals surface area contributed by atoms with Gasteiger partial charge in [0.05, 0.1) is 18.8 Å². The van der Waals surface area contributed by atoms with Crippen molar-refractivity contribution in [2.75, 3.05) is 7.11 Å². The van der Waals surface area contributed by atoms with Gasteiger partial charge >= 0.3 is 18.2 Å².